The van der Waals surface area contributed by atoms with Gasteiger partial charge in [-0.3, -0.25) is 20.0 Å². The van der Waals surface area contributed by atoms with Crippen molar-refractivity contribution in [3.05, 3.63) is 34.0 Å². The van der Waals surface area contributed by atoms with Crippen LogP contribution in [0.1, 0.15) is 36.7 Å². The van der Waals surface area contributed by atoms with E-state index in [1.807, 2.05) is 6.92 Å². The number of fused-ring (bicyclic) bond motifs is 1. The molecule has 0 aliphatic heterocycles. The number of carbonyl (C=O) groups excluding carboxylic acids is 1. The molecule has 9 nitrogen and oxygen atoms in total. The molecule has 1 unspecified atom stereocenters. The number of carbonyl (C=O) groups is 2. The number of aromatic amines is 1. The van der Waals surface area contributed by atoms with Crippen LogP contribution in [-0.2, 0) is 4.79 Å². The third-order valence-electron chi connectivity index (χ3n) is 3.42. The molecule has 1 amide bonds. The zero-order valence-corrected chi connectivity index (χ0v) is 12.4. The molecule has 0 spiro atoms. The van der Waals surface area contributed by atoms with Crippen molar-refractivity contribution >= 4 is 28.5 Å². The lowest BCUT2D eigenvalue weighted by atomic mass is 10.1. The zero-order chi connectivity index (χ0) is 17.0. The third-order valence-corrected chi connectivity index (χ3v) is 3.42. The van der Waals surface area contributed by atoms with Crippen LogP contribution in [0.5, 0.6) is 0 Å². The van der Waals surface area contributed by atoms with E-state index in [1.54, 1.807) is 0 Å². The number of nitro groups is 1. The van der Waals surface area contributed by atoms with E-state index in [2.05, 4.69) is 15.5 Å². The first-order valence-electron chi connectivity index (χ1n) is 7.10. The number of non-ortho nitro benzene ring substituents is 1. The topological polar surface area (TPSA) is 138 Å². The van der Waals surface area contributed by atoms with Gasteiger partial charge in [-0.25, -0.2) is 4.79 Å². The SMILES string of the molecule is CCCCC(NC(=O)c1n[nH]c2ccc([N+](=O)[O-])cc12)C(=O)O. The molecule has 9 heteroatoms. The van der Waals surface area contributed by atoms with Crippen molar-refractivity contribution in [2.75, 3.05) is 0 Å². The minimum absolute atomic E-state index is 0.0635. The molecule has 0 fully saturated rings. The van der Waals surface area contributed by atoms with Crippen molar-refractivity contribution in [1.29, 1.82) is 0 Å². The van der Waals surface area contributed by atoms with E-state index in [0.29, 0.717) is 18.4 Å². The summed E-state index contributed by atoms with van der Waals surface area (Å²) >= 11 is 0. The number of amides is 1. The molecule has 0 aliphatic carbocycles. The first kappa shape index (κ1) is 16.4. The molecule has 122 valence electrons. The molecular weight excluding hydrogens is 304 g/mol. The number of aromatic nitrogens is 2. The van der Waals surface area contributed by atoms with Gasteiger partial charge in [0.15, 0.2) is 5.69 Å². The average Bonchev–Trinajstić information content (AvgIpc) is 2.93. The molecule has 0 bridgehead atoms. The van der Waals surface area contributed by atoms with Gasteiger partial charge >= 0.3 is 5.97 Å². The summed E-state index contributed by atoms with van der Waals surface area (Å²) in [4.78, 5) is 33.7. The van der Waals surface area contributed by atoms with Crippen molar-refractivity contribution in [1.82, 2.24) is 15.5 Å². The van der Waals surface area contributed by atoms with Gasteiger partial charge in [0.1, 0.15) is 6.04 Å². The fourth-order valence-electron chi connectivity index (χ4n) is 2.18. The molecular formula is C14H16N4O5. The number of nitrogens with zero attached hydrogens (tertiary/aromatic N) is 2. The van der Waals surface area contributed by atoms with E-state index in [1.165, 1.54) is 18.2 Å². The van der Waals surface area contributed by atoms with Crippen molar-refractivity contribution < 1.29 is 19.6 Å². The van der Waals surface area contributed by atoms with Gasteiger partial charge in [-0.15, -0.1) is 0 Å². The van der Waals surface area contributed by atoms with Gasteiger partial charge in [-0.2, -0.15) is 5.10 Å². The molecule has 23 heavy (non-hydrogen) atoms. The molecule has 0 aliphatic rings. The largest absolute Gasteiger partial charge is 0.480 e. The molecule has 1 aromatic heterocycles. The van der Waals surface area contributed by atoms with E-state index >= 15 is 0 Å². The van der Waals surface area contributed by atoms with E-state index < -0.39 is 22.8 Å². The number of carboxylic acid groups (broad SMARTS) is 1. The lowest BCUT2D eigenvalue weighted by Gasteiger charge is -2.13. The van der Waals surface area contributed by atoms with Crippen LogP contribution < -0.4 is 5.32 Å². The highest BCUT2D eigenvalue weighted by Crippen LogP contribution is 2.22. The predicted molar refractivity (Wildman–Crippen MR) is 81.2 cm³/mol. The first-order chi connectivity index (χ1) is 10.9. The van der Waals surface area contributed by atoms with E-state index in [0.717, 1.165) is 6.42 Å². The Labute approximate surface area is 130 Å². The Morgan fingerprint density at radius 1 is 1.48 bits per heavy atom. The predicted octanol–water partition coefficient (Wildman–Crippen LogP) is 1.84. The normalized spacial score (nSPS) is 12.0. The maximum Gasteiger partial charge on any atom is 0.326 e. The van der Waals surface area contributed by atoms with E-state index in [9.17, 15) is 19.7 Å². The quantitative estimate of drug-likeness (QED) is 0.525. The lowest BCUT2D eigenvalue weighted by molar-refractivity contribution is -0.384. The summed E-state index contributed by atoms with van der Waals surface area (Å²) in [6.45, 7) is 1.92. The summed E-state index contributed by atoms with van der Waals surface area (Å²) in [6, 6.07) is 2.95. The Balaban J connectivity index is 2.27. The summed E-state index contributed by atoms with van der Waals surface area (Å²) in [7, 11) is 0. The summed E-state index contributed by atoms with van der Waals surface area (Å²) < 4.78 is 0. The minimum Gasteiger partial charge on any atom is -0.480 e. The van der Waals surface area contributed by atoms with Crippen LogP contribution in [0, 0.1) is 10.1 Å². The van der Waals surface area contributed by atoms with Crippen molar-refractivity contribution in [2.45, 2.75) is 32.2 Å². The molecule has 1 atom stereocenters. The van der Waals surface area contributed by atoms with Crippen LogP contribution in [0.2, 0.25) is 0 Å². The Kier molecular flexibility index (Phi) is 4.89. The van der Waals surface area contributed by atoms with E-state index in [-0.39, 0.29) is 16.8 Å². The van der Waals surface area contributed by atoms with Crippen LogP contribution in [0.25, 0.3) is 10.9 Å². The number of carboxylic acids is 1. The molecule has 1 aromatic carbocycles. The molecule has 2 aromatic rings. The summed E-state index contributed by atoms with van der Waals surface area (Å²) in [5, 5.41) is 29.1. The standard InChI is InChI=1S/C14H16N4O5/c1-2-3-4-11(14(20)21)15-13(19)12-9-7-8(18(22)23)5-6-10(9)16-17-12/h5-7,11H,2-4H2,1H3,(H,15,19)(H,16,17)(H,20,21). The lowest BCUT2D eigenvalue weighted by Crippen LogP contribution is -2.40. The number of hydrogen-bond acceptors (Lipinski definition) is 5. The number of nitrogens with one attached hydrogen (secondary N) is 2. The van der Waals surface area contributed by atoms with Crippen molar-refractivity contribution in [3.63, 3.8) is 0 Å². The number of aliphatic carboxylic acids is 1. The van der Waals surface area contributed by atoms with Crippen LogP contribution in [0.4, 0.5) is 5.69 Å². The molecule has 0 radical (unpaired) electrons. The van der Waals surface area contributed by atoms with Gasteiger partial charge in [-0.05, 0) is 12.5 Å². The summed E-state index contributed by atoms with van der Waals surface area (Å²) in [5.74, 6) is -1.81. The highest BCUT2D eigenvalue weighted by atomic mass is 16.6. The Bertz CT molecular complexity index is 755. The molecule has 0 saturated heterocycles. The molecule has 1 heterocycles. The fourth-order valence-corrected chi connectivity index (χ4v) is 2.18. The number of nitro benzene ring substituents is 1. The van der Waals surface area contributed by atoms with E-state index in [4.69, 9.17) is 5.11 Å². The second-order valence-corrected chi connectivity index (χ2v) is 5.07. The van der Waals surface area contributed by atoms with Crippen molar-refractivity contribution in [3.8, 4) is 0 Å². The third kappa shape index (κ3) is 3.62. The molecule has 3 N–H and O–H groups in total. The van der Waals surface area contributed by atoms with Gasteiger partial charge in [0.05, 0.1) is 10.4 Å². The van der Waals surface area contributed by atoms with Crippen molar-refractivity contribution in [2.24, 2.45) is 0 Å². The van der Waals surface area contributed by atoms with Gasteiger partial charge in [-0.1, -0.05) is 19.8 Å². The maximum atomic E-state index is 12.3. The Morgan fingerprint density at radius 2 is 2.22 bits per heavy atom. The summed E-state index contributed by atoms with van der Waals surface area (Å²) in [6.07, 6.45) is 1.77. The number of unbranched alkanes of at least 4 members (excludes halogenated alkanes) is 1. The van der Waals surface area contributed by atoms with Gasteiger partial charge < -0.3 is 10.4 Å². The van der Waals surface area contributed by atoms with Crippen LogP contribution in [0.15, 0.2) is 18.2 Å². The minimum atomic E-state index is -1.13. The van der Waals surface area contributed by atoms with Crippen LogP contribution in [-0.4, -0.2) is 38.1 Å². The number of rotatable bonds is 7. The van der Waals surface area contributed by atoms with Gasteiger partial charge in [0, 0.05) is 17.5 Å². The smallest absolute Gasteiger partial charge is 0.326 e. The van der Waals surface area contributed by atoms with Crippen LogP contribution in [0.3, 0.4) is 0 Å². The number of H-pyrrole nitrogens is 1. The fraction of sp³-hybridized carbons (Fsp3) is 0.357. The zero-order valence-electron chi connectivity index (χ0n) is 12.4. The monoisotopic (exact) mass is 320 g/mol. The Morgan fingerprint density at radius 3 is 2.83 bits per heavy atom. The first-order valence-corrected chi connectivity index (χ1v) is 7.10. The second kappa shape index (κ2) is 6.86. The second-order valence-electron chi connectivity index (χ2n) is 5.07. The number of benzene rings is 1. The highest BCUT2D eigenvalue weighted by molar-refractivity contribution is 6.06. The van der Waals surface area contributed by atoms with Gasteiger partial charge in [0.2, 0.25) is 0 Å². The van der Waals surface area contributed by atoms with Crippen LogP contribution >= 0.6 is 0 Å². The average molecular weight is 320 g/mol. The summed E-state index contributed by atoms with van der Waals surface area (Å²) in [5.41, 5.74) is 0.223. The Hall–Kier alpha value is -2.97. The number of hydrogen-bond donors (Lipinski definition) is 3. The molecule has 2 rings (SSSR count). The molecule has 0 saturated carbocycles. The highest BCUT2D eigenvalue weighted by Gasteiger charge is 2.23. The maximum absolute atomic E-state index is 12.3. The van der Waals surface area contributed by atoms with Gasteiger partial charge in [0.25, 0.3) is 11.6 Å².